The van der Waals surface area contributed by atoms with Gasteiger partial charge in [-0.15, -0.1) is 0 Å². The minimum Gasteiger partial charge on any atom is -0.463 e. The summed E-state index contributed by atoms with van der Waals surface area (Å²) in [6.07, 6.45) is -6.55. The smallest absolute Gasteiger partial charge is 0.303 e. The van der Waals surface area contributed by atoms with Crippen LogP contribution in [0.4, 0.5) is 0 Å². The molecule has 0 aliphatic carbocycles. The molecule has 0 aromatic heterocycles. The molecular weight excluding hydrogens is 459 g/mol. The van der Waals surface area contributed by atoms with Gasteiger partial charge in [0.05, 0.1) is 6.61 Å². The SMILES string of the molecule is CC(=O)OC[C@H]1O[C@H](OCC(Cl)(Cl)Cl)[C@H](OC(C)=O)[C@@H](OC(C)=O)[C@@H]1OC(C)=O. The molecule has 0 unspecified atom stereocenters. The Bertz CT molecular complexity index is 621. The van der Waals surface area contributed by atoms with Crippen LogP contribution in [-0.2, 0) is 47.6 Å². The molecule has 0 aromatic rings. The molecule has 0 radical (unpaired) electrons. The van der Waals surface area contributed by atoms with Crippen molar-refractivity contribution in [3.05, 3.63) is 0 Å². The Morgan fingerprint density at radius 1 is 0.793 bits per heavy atom. The number of alkyl halides is 3. The molecule has 0 spiro atoms. The molecule has 1 rings (SSSR count). The van der Waals surface area contributed by atoms with E-state index in [1.165, 1.54) is 0 Å². The molecule has 0 amide bonds. The van der Waals surface area contributed by atoms with E-state index in [0.29, 0.717) is 0 Å². The summed E-state index contributed by atoms with van der Waals surface area (Å²) in [5, 5.41) is 0. The topological polar surface area (TPSA) is 124 Å². The van der Waals surface area contributed by atoms with Crippen molar-refractivity contribution in [2.45, 2.75) is 62.2 Å². The number of hydrogen-bond donors (Lipinski definition) is 0. The summed E-state index contributed by atoms with van der Waals surface area (Å²) in [4.78, 5) is 46.0. The molecule has 10 nitrogen and oxygen atoms in total. The summed E-state index contributed by atoms with van der Waals surface area (Å²) in [5.41, 5.74) is 0. The van der Waals surface area contributed by atoms with Crippen molar-refractivity contribution in [3.63, 3.8) is 0 Å². The maximum Gasteiger partial charge on any atom is 0.303 e. The lowest BCUT2D eigenvalue weighted by molar-refractivity contribution is -0.307. The van der Waals surface area contributed by atoms with Crippen molar-refractivity contribution in [3.8, 4) is 0 Å². The Hall–Kier alpha value is -1.33. The summed E-state index contributed by atoms with van der Waals surface area (Å²) >= 11 is 17.0. The number of ether oxygens (including phenoxy) is 6. The monoisotopic (exact) mass is 478 g/mol. The Morgan fingerprint density at radius 3 is 1.72 bits per heavy atom. The van der Waals surface area contributed by atoms with Crippen LogP contribution < -0.4 is 0 Å². The number of hydrogen-bond acceptors (Lipinski definition) is 10. The summed E-state index contributed by atoms with van der Waals surface area (Å²) < 4.78 is 29.7. The molecule has 1 aliphatic rings. The normalized spacial score (nSPS) is 26.9. The Kier molecular flexibility index (Phi) is 9.90. The summed E-state index contributed by atoms with van der Waals surface area (Å²) in [7, 11) is 0. The van der Waals surface area contributed by atoms with Crippen LogP contribution in [0, 0.1) is 0 Å². The van der Waals surface area contributed by atoms with Crippen LogP contribution in [0.1, 0.15) is 27.7 Å². The standard InChI is InChI=1S/C16H21Cl3O10/c1-7(20)24-5-11-12(26-8(2)21)13(27-9(3)22)14(28-10(4)23)15(29-11)25-6-16(17,18)19/h11-15H,5-6H2,1-4H3/t11-,12-,13+,14-,15+/m1/s1. The molecule has 0 N–H and O–H groups in total. The fourth-order valence-electron chi connectivity index (χ4n) is 2.50. The van der Waals surface area contributed by atoms with Crippen molar-refractivity contribution in [2.24, 2.45) is 0 Å². The molecule has 1 aliphatic heterocycles. The van der Waals surface area contributed by atoms with Crippen LogP contribution in [0.2, 0.25) is 0 Å². The average Bonchev–Trinajstić information content (AvgIpc) is 2.53. The fraction of sp³-hybridized carbons (Fsp3) is 0.750. The molecule has 0 aromatic carbocycles. The second-order valence-corrected chi connectivity index (χ2v) is 8.51. The highest BCUT2D eigenvalue weighted by Gasteiger charge is 2.53. The Labute approximate surface area is 181 Å². The van der Waals surface area contributed by atoms with E-state index in [2.05, 4.69) is 0 Å². The predicted molar refractivity (Wildman–Crippen MR) is 98.2 cm³/mol. The van der Waals surface area contributed by atoms with Gasteiger partial charge in [-0.3, -0.25) is 19.2 Å². The molecule has 1 heterocycles. The van der Waals surface area contributed by atoms with Crippen molar-refractivity contribution in [2.75, 3.05) is 13.2 Å². The maximum atomic E-state index is 11.6. The highest BCUT2D eigenvalue weighted by molar-refractivity contribution is 6.67. The van der Waals surface area contributed by atoms with Crippen LogP contribution in [0.5, 0.6) is 0 Å². The van der Waals surface area contributed by atoms with Gasteiger partial charge in [-0.25, -0.2) is 0 Å². The summed E-state index contributed by atoms with van der Waals surface area (Å²) in [5.74, 6) is -2.92. The van der Waals surface area contributed by atoms with Gasteiger partial charge < -0.3 is 28.4 Å². The fourth-order valence-corrected chi connectivity index (χ4v) is 2.69. The molecule has 0 saturated carbocycles. The first-order valence-electron chi connectivity index (χ1n) is 8.29. The lowest BCUT2D eigenvalue weighted by atomic mass is 9.98. The van der Waals surface area contributed by atoms with E-state index in [1.807, 2.05) is 0 Å². The largest absolute Gasteiger partial charge is 0.463 e. The van der Waals surface area contributed by atoms with Crippen molar-refractivity contribution in [1.82, 2.24) is 0 Å². The third-order valence-corrected chi connectivity index (χ3v) is 3.69. The third-order valence-electron chi connectivity index (χ3n) is 3.36. The Morgan fingerprint density at radius 2 is 1.28 bits per heavy atom. The van der Waals surface area contributed by atoms with Gasteiger partial charge in [0.25, 0.3) is 0 Å². The van der Waals surface area contributed by atoms with E-state index in [4.69, 9.17) is 63.2 Å². The second kappa shape index (κ2) is 11.2. The lowest BCUT2D eigenvalue weighted by Crippen LogP contribution is -2.63. The van der Waals surface area contributed by atoms with Crippen LogP contribution >= 0.6 is 34.8 Å². The van der Waals surface area contributed by atoms with E-state index in [-0.39, 0.29) is 6.61 Å². The van der Waals surface area contributed by atoms with Crippen molar-refractivity contribution >= 4 is 58.7 Å². The molecule has 13 heteroatoms. The van der Waals surface area contributed by atoms with Crippen LogP contribution in [0.25, 0.3) is 0 Å². The highest BCUT2D eigenvalue weighted by Crippen LogP contribution is 2.32. The maximum absolute atomic E-state index is 11.6. The molecular formula is C16H21Cl3O10. The zero-order valence-electron chi connectivity index (χ0n) is 16.0. The molecule has 29 heavy (non-hydrogen) atoms. The first-order chi connectivity index (χ1) is 13.3. The molecule has 1 saturated heterocycles. The number of esters is 4. The average molecular weight is 480 g/mol. The first-order valence-corrected chi connectivity index (χ1v) is 9.42. The third kappa shape index (κ3) is 9.35. The number of carbonyl (C=O) groups excluding carboxylic acids is 4. The van der Waals surface area contributed by atoms with Gasteiger partial charge in [0, 0.05) is 27.7 Å². The summed E-state index contributed by atoms with van der Waals surface area (Å²) in [6.45, 7) is 3.61. The zero-order valence-corrected chi connectivity index (χ0v) is 18.3. The molecule has 0 bridgehead atoms. The predicted octanol–water partition coefficient (Wildman–Crippen LogP) is 1.46. The Balaban J connectivity index is 3.28. The van der Waals surface area contributed by atoms with Gasteiger partial charge in [-0.2, -0.15) is 0 Å². The van der Waals surface area contributed by atoms with E-state index >= 15 is 0 Å². The lowest BCUT2D eigenvalue weighted by Gasteiger charge is -2.44. The van der Waals surface area contributed by atoms with Gasteiger partial charge in [-0.1, -0.05) is 34.8 Å². The van der Waals surface area contributed by atoms with E-state index in [0.717, 1.165) is 27.7 Å². The highest BCUT2D eigenvalue weighted by atomic mass is 35.6. The zero-order chi connectivity index (χ0) is 22.4. The second-order valence-electron chi connectivity index (χ2n) is 5.99. The summed E-state index contributed by atoms with van der Waals surface area (Å²) in [6, 6.07) is 0. The van der Waals surface area contributed by atoms with Gasteiger partial charge in [0.2, 0.25) is 3.79 Å². The van der Waals surface area contributed by atoms with E-state index < -0.39 is 65.0 Å². The van der Waals surface area contributed by atoms with Crippen LogP contribution in [-0.4, -0.2) is 71.6 Å². The van der Waals surface area contributed by atoms with Crippen molar-refractivity contribution in [1.29, 1.82) is 0 Å². The molecule has 1 fully saturated rings. The van der Waals surface area contributed by atoms with Crippen LogP contribution in [0.3, 0.4) is 0 Å². The van der Waals surface area contributed by atoms with Crippen LogP contribution in [0.15, 0.2) is 0 Å². The minimum absolute atomic E-state index is 0.383. The molecule has 5 atom stereocenters. The quantitative estimate of drug-likeness (QED) is 0.301. The van der Waals surface area contributed by atoms with Gasteiger partial charge in [-0.05, 0) is 0 Å². The van der Waals surface area contributed by atoms with E-state index in [9.17, 15) is 19.2 Å². The molecule has 166 valence electrons. The number of rotatable bonds is 7. The van der Waals surface area contributed by atoms with Gasteiger partial charge in [0.15, 0.2) is 24.6 Å². The first kappa shape index (κ1) is 25.7. The van der Waals surface area contributed by atoms with Gasteiger partial charge in [0.1, 0.15) is 12.7 Å². The number of halogens is 3. The van der Waals surface area contributed by atoms with E-state index in [1.54, 1.807) is 0 Å². The van der Waals surface area contributed by atoms with Crippen molar-refractivity contribution < 1.29 is 47.6 Å². The number of carbonyl (C=O) groups is 4. The van der Waals surface area contributed by atoms with Gasteiger partial charge >= 0.3 is 23.9 Å². The minimum atomic E-state index is -1.83.